The van der Waals surface area contributed by atoms with E-state index in [1.54, 1.807) is 17.9 Å². The number of aliphatic hydroxyl groups excluding tert-OH is 1. The SMILES string of the molecule is CCn1cc(CC(O)c2c(C(C)C)nn(C)c2Cl)cn1. The molecule has 0 aliphatic heterocycles. The van der Waals surface area contributed by atoms with Crippen LogP contribution in [0.15, 0.2) is 12.4 Å². The summed E-state index contributed by atoms with van der Waals surface area (Å²) in [6.45, 7) is 6.94. The Balaban J connectivity index is 2.26. The topological polar surface area (TPSA) is 55.9 Å². The van der Waals surface area contributed by atoms with Crippen LogP contribution in [0.3, 0.4) is 0 Å². The fourth-order valence-corrected chi connectivity index (χ4v) is 2.54. The number of halogens is 1. The van der Waals surface area contributed by atoms with Crippen LogP contribution in [0.5, 0.6) is 0 Å². The number of hydrogen-bond donors (Lipinski definition) is 1. The maximum Gasteiger partial charge on any atom is 0.132 e. The van der Waals surface area contributed by atoms with Gasteiger partial charge in [0.15, 0.2) is 0 Å². The van der Waals surface area contributed by atoms with Gasteiger partial charge in [-0.3, -0.25) is 9.36 Å². The van der Waals surface area contributed by atoms with Crippen molar-refractivity contribution in [2.45, 2.75) is 45.8 Å². The van der Waals surface area contributed by atoms with E-state index in [4.69, 9.17) is 11.6 Å². The highest BCUT2D eigenvalue weighted by Gasteiger charge is 2.24. The van der Waals surface area contributed by atoms with Crippen molar-refractivity contribution in [2.75, 3.05) is 0 Å². The highest BCUT2D eigenvalue weighted by atomic mass is 35.5. The largest absolute Gasteiger partial charge is 0.388 e. The Kier molecular flexibility index (Phi) is 4.50. The van der Waals surface area contributed by atoms with Crippen molar-refractivity contribution in [1.82, 2.24) is 19.6 Å². The Hall–Kier alpha value is -1.33. The van der Waals surface area contributed by atoms with E-state index in [1.165, 1.54) is 0 Å². The van der Waals surface area contributed by atoms with Gasteiger partial charge in [-0.25, -0.2) is 0 Å². The lowest BCUT2D eigenvalue weighted by atomic mass is 9.99. The maximum atomic E-state index is 10.5. The van der Waals surface area contributed by atoms with Gasteiger partial charge >= 0.3 is 0 Å². The van der Waals surface area contributed by atoms with Crippen molar-refractivity contribution in [3.63, 3.8) is 0 Å². The van der Waals surface area contributed by atoms with Crippen LogP contribution in [-0.4, -0.2) is 24.7 Å². The minimum absolute atomic E-state index is 0.219. The van der Waals surface area contributed by atoms with Gasteiger partial charge < -0.3 is 5.11 Å². The monoisotopic (exact) mass is 296 g/mol. The Bertz CT molecular complexity index is 588. The number of aliphatic hydroxyl groups is 1. The molecule has 2 heterocycles. The molecular weight excluding hydrogens is 276 g/mol. The van der Waals surface area contributed by atoms with Crippen LogP contribution in [0.2, 0.25) is 5.15 Å². The lowest BCUT2D eigenvalue weighted by Crippen LogP contribution is -2.05. The van der Waals surface area contributed by atoms with Gasteiger partial charge in [0.25, 0.3) is 0 Å². The molecule has 0 spiro atoms. The summed E-state index contributed by atoms with van der Waals surface area (Å²) < 4.78 is 3.46. The molecule has 2 aromatic heterocycles. The molecule has 110 valence electrons. The molecule has 0 saturated carbocycles. The fourth-order valence-electron chi connectivity index (χ4n) is 2.28. The highest BCUT2D eigenvalue weighted by molar-refractivity contribution is 6.30. The molecule has 0 fully saturated rings. The normalized spacial score (nSPS) is 13.2. The number of aromatic nitrogens is 4. The van der Waals surface area contributed by atoms with Gasteiger partial charge in [0.1, 0.15) is 5.15 Å². The van der Waals surface area contributed by atoms with Crippen LogP contribution in [0.1, 0.15) is 49.6 Å². The molecule has 5 nitrogen and oxygen atoms in total. The smallest absolute Gasteiger partial charge is 0.132 e. The van der Waals surface area contributed by atoms with Crippen LogP contribution in [0.25, 0.3) is 0 Å². The molecule has 1 unspecified atom stereocenters. The summed E-state index contributed by atoms with van der Waals surface area (Å²) in [5, 5.41) is 19.6. The third kappa shape index (κ3) is 2.88. The first-order valence-corrected chi connectivity index (χ1v) is 7.23. The number of aryl methyl sites for hydroxylation is 2. The summed E-state index contributed by atoms with van der Waals surface area (Å²) in [6, 6.07) is 0. The lowest BCUT2D eigenvalue weighted by molar-refractivity contribution is 0.177. The third-order valence-corrected chi connectivity index (χ3v) is 3.81. The molecule has 20 heavy (non-hydrogen) atoms. The van der Waals surface area contributed by atoms with Crippen molar-refractivity contribution in [2.24, 2.45) is 7.05 Å². The molecule has 0 aliphatic carbocycles. The van der Waals surface area contributed by atoms with E-state index in [9.17, 15) is 5.11 Å². The summed E-state index contributed by atoms with van der Waals surface area (Å²) in [4.78, 5) is 0. The van der Waals surface area contributed by atoms with Crippen LogP contribution >= 0.6 is 11.6 Å². The fraction of sp³-hybridized carbons (Fsp3) is 0.571. The predicted molar refractivity (Wildman–Crippen MR) is 78.9 cm³/mol. The van der Waals surface area contributed by atoms with Gasteiger partial charge in [-0.05, 0) is 18.4 Å². The second-order valence-electron chi connectivity index (χ2n) is 5.29. The molecule has 0 amide bonds. The molecule has 0 radical (unpaired) electrons. The van der Waals surface area contributed by atoms with E-state index < -0.39 is 6.10 Å². The lowest BCUT2D eigenvalue weighted by Gasteiger charge is -2.12. The molecule has 0 saturated heterocycles. The second kappa shape index (κ2) is 5.97. The van der Waals surface area contributed by atoms with Gasteiger partial charge in [-0.15, -0.1) is 0 Å². The Morgan fingerprint density at radius 1 is 1.40 bits per heavy atom. The Morgan fingerprint density at radius 3 is 2.65 bits per heavy atom. The Labute approximate surface area is 124 Å². The molecule has 2 aromatic rings. The number of nitrogens with zero attached hydrogens (tertiary/aromatic N) is 4. The third-order valence-electron chi connectivity index (χ3n) is 3.36. The minimum atomic E-state index is -0.664. The van der Waals surface area contributed by atoms with Crippen molar-refractivity contribution < 1.29 is 5.11 Å². The predicted octanol–water partition coefficient (Wildman–Crippen LogP) is 2.69. The molecule has 1 N–H and O–H groups in total. The summed E-state index contributed by atoms with van der Waals surface area (Å²) in [6.07, 6.45) is 3.56. The van der Waals surface area contributed by atoms with E-state index in [2.05, 4.69) is 10.2 Å². The van der Waals surface area contributed by atoms with Crippen molar-refractivity contribution >= 4 is 11.6 Å². The standard InChI is InChI=1S/C14H21ClN4O/c1-5-19-8-10(7-16-19)6-11(20)12-13(9(2)3)17-18(4)14(12)15/h7-9,11,20H,5-6H2,1-4H3. The quantitative estimate of drug-likeness (QED) is 0.923. The highest BCUT2D eigenvalue weighted by Crippen LogP contribution is 2.32. The molecule has 6 heteroatoms. The van der Waals surface area contributed by atoms with Crippen LogP contribution in [-0.2, 0) is 20.0 Å². The first-order valence-electron chi connectivity index (χ1n) is 6.85. The molecule has 0 aromatic carbocycles. The van der Waals surface area contributed by atoms with E-state index in [0.717, 1.165) is 23.4 Å². The van der Waals surface area contributed by atoms with Crippen molar-refractivity contribution in [3.8, 4) is 0 Å². The number of hydrogen-bond acceptors (Lipinski definition) is 3. The maximum absolute atomic E-state index is 10.5. The second-order valence-corrected chi connectivity index (χ2v) is 5.65. The summed E-state index contributed by atoms with van der Waals surface area (Å²) >= 11 is 6.27. The van der Waals surface area contributed by atoms with Crippen molar-refractivity contribution in [1.29, 1.82) is 0 Å². The molecule has 1 atom stereocenters. The van der Waals surface area contributed by atoms with Gasteiger partial charge in [-0.1, -0.05) is 25.4 Å². The van der Waals surface area contributed by atoms with Crippen molar-refractivity contribution in [3.05, 3.63) is 34.4 Å². The summed E-state index contributed by atoms with van der Waals surface area (Å²) in [5.74, 6) is 0.219. The van der Waals surface area contributed by atoms with Gasteiger partial charge in [0, 0.05) is 31.8 Å². The van der Waals surface area contributed by atoms with Crippen LogP contribution in [0.4, 0.5) is 0 Å². The first kappa shape index (κ1) is 15.1. The molecule has 0 bridgehead atoms. The van der Waals surface area contributed by atoms with E-state index in [-0.39, 0.29) is 5.92 Å². The zero-order valence-corrected chi connectivity index (χ0v) is 13.1. The molecule has 2 rings (SSSR count). The van der Waals surface area contributed by atoms with Crippen LogP contribution < -0.4 is 0 Å². The van der Waals surface area contributed by atoms with Gasteiger partial charge in [-0.2, -0.15) is 10.2 Å². The van der Waals surface area contributed by atoms with Crippen LogP contribution in [0, 0.1) is 0 Å². The molecular formula is C14H21ClN4O. The Morgan fingerprint density at radius 2 is 2.10 bits per heavy atom. The number of rotatable bonds is 5. The average Bonchev–Trinajstić information content (AvgIpc) is 2.95. The minimum Gasteiger partial charge on any atom is -0.388 e. The summed E-state index contributed by atoms with van der Waals surface area (Å²) in [7, 11) is 1.79. The van der Waals surface area contributed by atoms with E-state index in [1.807, 2.05) is 31.6 Å². The molecule has 0 aliphatic rings. The van der Waals surface area contributed by atoms with Gasteiger partial charge in [0.2, 0.25) is 0 Å². The van der Waals surface area contributed by atoms with E-state index >= 15 is 0 Å². The average molecular weight is 297 g/mol. The summed E-state index contributed by atoms with van der Waals surface area (Å²) in [5.41, 5.74) is 2.58. The zero-order chi connectivity index (χ0) is 14.9. The van der Waals surface area contributed by atoms with Gasteiger partial charge in [0.05, 0.1) is 18.0 Å². The first-order chi connectivity index (χ1) is 9.43. The zero-order valence-electron chi connectivity index (χ0n) is 12.3. The van der Waals surface area contributed by atoms with E-state index in [0.29, 0.717) is 11.6 Å².